The molecule has 154 valence electrons. The van der Waals surface area contributed by atoms with E-state index in [1.54, 1.807) is 36.4 Å². The minimum atomic E-state index is -0.341. The Balaban J connectivity index is 1.38. The largest absolute Gasteiger partial charge is 0.494 e. The Morgan fingerprint density at radius 3 is 2.23 bits per heavy atom. The number of anilines is 2. The maximum absolute atomic E-state index is 12.2. The summed E-state index contributed by atoms with van der Waals surface area (Å²) in [6.45, 7) is 3.07. The van der Waals surface area contributed by atoms with Crippen LogP contribution < -0.4 is 20.7 Å². The summed E-state index contributed by atoms with van der Waals surface area (Å²) in [6, 6.07) is 23.5. The lowest BCUT2D eigenvalue weighted by molar-refractivity contribution is 0.0951. The van der Waals surface area contributed by atoms with Gasteiger partial charge < -0.3 is 20.7 Å². The molecule has 0 bridgehead atoms. The van der Waals surface area contributed by atoms with Gasteiger partial charge in [0.05, 0.1) is 6.61 Å². The lowest BCUT2D eigenvalue weighted by Crippen LogP contribution is -2.25. The maximum Gasteiger partial charge on any atom is 0.323 e. The van der Waals surface area contributed by atoms with Gasteiger partial charge in [0, 0.05) is 23.5 Å². The number of urea groups is 1. The van der Waals surface area contributed by atoms with Crippen molar-refractivity contribution < 1.29 is 14.3 Å². The molecule has 6 heteroatoms. The summed E-state index contributed by atoms with van der Waals surface area (Å²) in [5.41, 5.74) is 2.99. The van der Waals surface area contributed by atoms with Crippen molar-refractivity contribution in [1.29, 1.82) is 0 Å². The van der Waals surface area contributed by atoms with Gasteiger partial charge in [0.2, 0.25) is 0 Å². The molecular weight excluding hydrogens is 378 g/mol. The number of carbonyl (C=O) groups excluding carboxylic acids is 2. The molecule has 0 atom stereocenters. The van der Waals surface area contributed by atoms with Crippen LogP contribution in [0.1, 0.15) is 22.3 Å². The Bertz CT molecular complexity index is 973. The molecule has 3 N–H and O–H groups in total. The normalized spacial score (nSPS) is 10.2. The second-order valence-electron chi connectivity index (χ2n) is 6.80. The number of amides is 3. The van der Waals surface area contributed by atoms with Crippen LogP contribution in [0.25, 0.3) is 0 Å². The zero-order chi connectivity index (χ0) is 21.2. The van der Waals surface area contributed by atoms with Gasteiger partial charge in [0.25, 0.3) is 5.91 Å². The van der Waals surface area contributed by atoms with Gasteiger partial charge >= 0.3 is 6.03 Å². The molecule has 3 aromatic rings. The van der Waals surface area contributed by atoms with Gasteiger partial charge in [-0.1, -0.05) is 30.3 Å². The number of carbonyl (C=O) groups is 2. The van der Waals surface area contributed by atoms with Crippen molar-refractivity contribution in [3.05, 3.63) is 90.0 Å². The molecule has 0 aliphatic carbocycles. The number of para-hydroxylation sites is 1. The van der Waals surface area contributed by atoms with Crippen LogP contribution in [0.4, 0.5) is 16.2 Å². The van der Waals surface area contributed by atoms with Crippen LogP contribution in [0.15, 0.2) is 78.9 Å². The van der Waals surface area contributed by atoms with E-state index in [1.165, 1.54) is 0 Å². The fourth-order valence-corrected chi connectivity index (χ4v) is 2.79. The first kappa shape index (κ1) is 20.9. The molecule has 30 heavy (non-hydrogen) atoms. The average molecular weight is 403 g/mol. The van der Waals surface area contributed by atoms with Crippen LogP contribution in [0.2, 0.25) is 0 Å². The Morgan fingerprint density at radius 1 is 0.833 bits per heavy atom. The van der Waals surface area contributed by atoms with Crippen LogP contribution in [-0.4, -0.2) is 25.1 Å². The van der Waals surface area contributed by atoms with Gasteiger partial charge in [-0.25, -0.2) is 4.79 Å². The molecule has 0 radical (unpaired) electrons. The minimum absolute atomic E-state index is 0.161. The smallest absolute Gasteiger partial charge is 0.323 e. The van der Waals surface area contributed by atoms with Crippen molar-refractivity contribution in [1.82, 2.24) is 5.32 Å². The molecule has 0 saturated carbocycles. The Labute approximate surface area is 176 Å². The fraction of sp³-hybridized carbons (Fsp3) is 0.167. The first-order valence-electron chi connectivity index (χ1n) is 9.81. The van der Waals surface area contributed by atoms with Crippen LogP contribution in [-0.2, 0) is 0 Å². The third-order valence-corrected chi connectivity index (χ3v) is 4.30. The van der Waals surface area contributed by atoms with Crippen LogP contribution in [0.5, 0.6) is 5.75 Å². The zero-order valence-electron chi connectivity index (χ0n) is 16.9. The highest BCUT2D eigenvalue weighted by atomic mass is 16.5. The highest BCUT2D eigenvalue weighted by molar-refractivity contribution is 6.00. The predicted octanol–water partition coefficient (Wildman–Crippen LogP) is 4.84. The minimum Gasteiger partial charge on any atom is -0.494 e. The maximum atomic E-state index is 12.2. The van der Waals surface area contributed by atoms with E-state index in [4.69, 9.17) is 4.74 Å². The summed E-state index contributed by atoms with van der Waals surface area (Å²) in [7, 11) is 0. The van der Waals surface area contributed by atoms with Gasteiger partial charge in [-0.3, -0.25) is 4.79 Å². The van der Waals surface area contributed by atoms with Crippen LogP contribution in [0.3, 0.4) is 0 Å². The molecule has 0 saturated heterocycles. The van der Waals surface area contributed by atoms with E-state index in [0.29, 0.717) is 36.5 Å². The fourth-order valence-electron chi connectivity index (χ4n) is 2.79. The quantitative estimate of drug-likeness (QED) is 0.471. The summed E-state index contributed by atoms with van der Waals surface area (Å²) in [5, 5.41) is 8.35. The number of ether oxygens (including phenoxy) is 1. The van der Waals surface area contributed by atoms with Gasteiger partial charge in [-0.2, -0.15) is 0 Å². The molecular formula is C24H25N3O3. The summed E-state index contributed by atoms with van der Waals surface area (Å²) in [5.74, 6) is 0.673. The van der Waals surface area contributed by atoms with Gasteiger partial charge in [-0.05, 0) is 67.4 Å². The molecule has 3 aromatic carbocycles. The topological polar surface area (TPSA) is 79.5 Å². The molecule has 0 fully saturated rings. The van der Waals surface area contributed by atoms with Crippen molar-refractivity contribution in [2.75, 3.05) is 23.8 Å². The number of aryl methyl sites for hydroxylation is 1. The second kappa shape index (κ2) is 10.7. The summed E-state index contributed by atoms with van der Waals surface area (Å²) in [4.78, 5) is 24.3. The Hall–Kier alpha value is -3.80. The van der Waals surface area contributed by atoms with E-state index in [2.05, 4.69) is 16.0 Å². The molecule has 0 spiro atoms. The molecule has 0 unspecified atom stereocenters. The average Bonchev–Trinajstić information content (AvgIpc) is 2.74. The Kier molecular flexibility index (Phi) is 7.44. The third-order valence-electron chi connectivity index (χ3n) is 4.30. The zero-order valence-corrected chi connectivity index (χ0v) is 16.9. The van der Waals surface area contributed by atoms with Crippen molar-refractivity contribution in [3.63, 3.8) is 0 Å². The second-order valence-corrected chi connectivity index (χ2v) is 6.80. The molecule has 3 rings (SSSR count). The van der Waals surface area contributed by atoms with E-state index in [9.17, 15) is 9.59 Å². The van der Waals surface area contributed by atoms with Gasteiger partial charge in [-0.15, -0.1) is 0 Å². The molecule has 0 aromatic heterocycles. The molecule has 0 aliphatic heterocycles. The number of benzene rings is 3. The first-order valence-corrected chi connectivity index (χ1v) is 9.81. The van der Waals surface area contributed by atoms with E-state index in [1.807, 2.05) is 49.4 Å². The van der Waals surface area contributed by atoms with Crippen LogP contribution >= 0.6 is 0 Å². The van der Waals surface area contributed by atoms with Crippen molar-refractivity contribution in [3.8, 4) is 5.75 Å². The number of hydrogen-bond donors (Lipinski definition) is 3. The SMILES string of the molecule is Cc1cccc(OCCCNC(=O)c2ccc(NC(=O)Nc3ccccc3)cc2)c1. The highest BCUT2D eigenvalue weighted by Crippen LogP contribution is 2.13. The lowest BCUT2D eigenvalue weighted by Gasteiger charge is -2.09. The standard InChI is InChI=1S/C24H25N3O3/c1-18-7-5-10-22(17-18)30-16-6-15-25-23(28)19-11-13-21(14-12-19)27-24(29)26-20-8-3-2-4-9-20/h2-5,7-14,17H,6,15-16H2,1H3,(H,25,28)(H2,26,27,29). The van der Waals surface area contributed by atoms with E-state index >= 15 is 0 Å². The monoisotopic (exact) mass is 403 g/mol. The summed E-state index contributed by atoms with van der Waals surface area (Å²) >= 11 is 0. The summed E-state index contributed by atoms with van der Waals surface area (Å²) in [6.07, 6.45) is 0.707. The van der Waals surface area contributed by atoms with Gasteiger partial charge in [0.1, 0.15) is 5.75 Å². The molecule has 3 amide bonds. The molecule has 0 heterocycles. The third kappa shape index (κ3) is 6.67. The lowest BCUT2D eigenvalue weighted by atomic mass is 10.2. The van der Waals surface area contributed by atoms with Crippen molar-refractivity contribution in [2.24, 2.45) is 0 Å². The van der Waals surface area contributed by atoms with Crippen molar-refractivity contribution >= 4 is 23.3 Å². The predicted molar refractivity (Wildman–Crippen MR) is 119 cm³/mol. The first-order chi connectivity index (χ1) is 14.6. The Morgan fingerprint density at radius 2 is 1.53 bits per heavy atom. The van der Waals surface area contributed by atoms with E-state index < -0.39 is 0 Å². The molecule has 6 nitrogen and oxygen atoms in total. The highest BCUT2D eigenvalue weighted by Gasteiger charge is 2.07. The number of hydrogen-bond acceptors (Lipinski definition) is 3. The van der Waals surface area contributed by atoms with E-state index in [0.717, 1.165) is 11.3 Å². The van der Waals surface area contributed by atoms with Crippen molar-refractivity contribution in [2.45, 2.75) is 13.3 Å². The summed E-state index contributed by atoms with van der Waals surface area (Å²) < 4.78 is 5.67. The van der Waals surface area contributed by atoms with E-state index in [-0.39, 0.29) is 11.9 Å². The van der Waals surface area contributed by atoms with Gasteiger partial charge in [0.15, 0.2) is 0 Å². The number of rotatable bonds is 8. The van der Waals surface area contributed by atoms with Crippen LogP contribution in [0, 0.1) is 6.92 Å². The number of nitrogens with one attached hydrogen (secondary N) is 3. The molecule has 0 aliphatic rings.